The van der Waals surface area contributed by atoms with Crippen LogP contribution in [0.4, 0.5) is 0 Å². The fourth-order valence-electron chi connectivity index (χ4n) is 1.44. The molecule has 0 amide bonds. The Bertz CT molecular complexity index is 587. The largest absolute Gasteiger partial charge is 0.261 e. The van der Waals surface area contributed by atoms with Crippen LogP contribution in [-0.4, -0.2) is 24.6 Å². The maximum atomic E-state index is 4.19. The van der Waals surface area contributed by atoms with Crippen molar-refractivity contribution >= 4 is 5.52 Å². The quantitative estimate of drug-likeness (QED) is 0.588. The van der Waals surface area contributed by atoms with E-state index in [-0.39, 0.29) is 0 Å². The molecule has 0 aromatic carbocycles. The zero-order chi connectivity index (χ0) is 10.1. The third kappa shape index (κ3) is 1.25. The molecule has 0 radical (unpaired) electrons. The molecule has 0 aliphatic rings. The SMILES string of the molecule is c1cnc(-c2cnn3ccncc23)nc1. The van der Waals surface area contributed by atoms with Crippen LogP contribution >= 0.6 is 0 Å². The summed E-state index contributed by atoms with van der Waals surface area (Å²) in [6.45, 7) is 0. The molecule has 5 nitrogen and oxygen atoms in total. The standard InChI is InChI=1S/C10H7N5/c1-2-12-10(13-3-1)8-6-14-15-5-4-11-7-9(8)15/h1-7H. The Morgan fingerprint density at radius 3 is 2.73 bits per heavy atom. The van der Waals surface area contributed by atoms with Crippen molar-refractivity contribution in [3.05, 3.63) is 43.2 Å². The van der Waals surface area contributed by atoms with Crippen molar-refractivity contribution in [3.63, 3.8) is 0 Å². The molecule has 3 aromatic rings. The topological polar surface area (TPSA) is 56.0 Å². The van der Waals surface area contributed by atoms with Gasteiger partial charge in [0.2, 0.25) is 0 Å². The van der Waals surface area contributed by atoms with Crippen LogP contribution in [0.3, 0.4) is 0 Å². The van der Waals surface area contributed by atoms with Crippen LogP contribution in [0.1, 0.15) is 0 Å². The second-order valence-electron chi connectivity index (χ2n) is 3.04. The zero-order valence-corrected chi connectivity index (χ0v) is 7.78. The third-order valence-electron chi connectivity index (χ3n) is 2.13. The Kier molecular flexibility index (Phi) is 1.68. The highest BCUT2D eigenvalue weighted by Gasteiger charge is 2.07. The van der Waals surface area contributed by atoms with Crippen LogP contribution in [0.2, 0.25) is 0 Å². The Balaban J connectivity index is 2.28. The van der Waals surface area contributed by atoms with Crippen molar-refractivity contribution in [1.82, 2.24) is 24.6 Å². The summed E-state index contributed by atoms with van der Waals surface area (Å²) in [5.74, 6) is 0.667. The van der Waals surface area contributed by atoms with E-state index < -0.39 is 0 Å². The van der Waals surface area contributed by atoms with Gasteiger partial charge in [0.1, 0.15) is 0 Å². The molecule has 0 aliphatic heterocycles. The molecule has 15 heavy (non-hydrogen) atoms. The van der Waals surface area contributed by atoms with Crippen LogP contribution in [0.15, 0.2) is 43.2 Å². The normalized spacial score (nSPS) is 10.7. The smallest absolute Gasteiger partial charge is 0.163 e. The summed E-state index contributed by atoms with van der Waals surface area (Å²) in [5, 5.41) is 4.19. The number of nitrogens with zero attached hydrogens (tertiary/aromatic N) is 5. The summed E-state index contributed by atoms with van der Waals surface area (Å²) >= 11 is 0. The monoisotopic (exact) mass is 197 g/mol. The van der Waals surface area contributed by atoms with Crippen LogP contribution in [0, 0.1) is 0 Å². The Morgan fingerprint density at radius 1 is 1.00 bits per heavy atom. The molecule has 3 heterocycles. The van der Waals surface area contributed by atoms with Crippen molar-refractivity contribution in [2.24, 2.45) is 0 Å². The first-order valence-electron chi connectivity index (χ1n) is 4.50. The first kappa shape index (κ1) is 8.05. The van der Waals surface area contributed by atoms with Gasteiger partial charge in [0.25, 0.3) is 0 Å². The first-order valence-corrected chi connectivity index (χ1v) is 4.50. The van der Waals surface area contributed by atoms with Crippen LogP contribution < -0.4 is 0 Å². The van der Waals surface area contributed by atoms with E-state index in [1.165, 1.54) is 0 Å². The minimum absolute atomic E-state index is 0.667. The number of hydrogen-bond acceptors (Lipinski definition) is 4. The summed E-state index contributed by atoms with van der Waals surface area (Å²) in [6.07, 6.45) is 10.4. The molecule has 0 N–H and O–H groups in total. The van der Waals surface area contributed by atoms with E-state index in [9.17, 15) is 0 Å². The van der Waals surface area contributed by atoms with Gasteiger partial charge in [-0.15, -0.1) is 0 Å². The van der Waals surface area contributed by atoms with E-state index in [1.807, 2.05) is 0 Å². The Morgan fingerprint density at radius 2 is 1.87 bits per heavy atom. The van der Waals surface area contributed by atoms with Gasteiger partial charge < -0.3 is 0 Å². The second kappa shape index (κ2) is 3.13. The molecule has 0 saturated carbocycles. The van der Waals surface area contributed by atoms with Gasteiger partial charge in [0.05, 0.1) is 23.5 Å². The molecule has 3 aromatic heterocycles. The van der Waals surface area contributed by atoms with E-state index in [0.29, 0.717) is 5.82 Å². The lowest BCUT2D eigenvalue weighted by molar-refractivity contribution is 0.946. The summed E-state index contributed by atoms with van der Waals surface area (Å²) < 4.78 is 1.75. The molecule has 72 valence electrons. The fourth-order valence-corrected chi connectivity index (χ4v) is 1.44. The number of hydrogen-bond donors (Lipinski definition) is 0. The van der Waals surface area contributed by atoms with Crippen molar-refractivity contribution in [2.45, 2.75) is 0 Å². The molecule has 0 fully saturated rings. The zero-order valence-electron chi connectivity index (χ0n) is 7.78. The van der Waals surface area contributed by atoms with Gasteiger partial charge in [-0.2, -0.15) is 5.10 Å². The maximum absolute atomic E-state index is 4.19. The van der Waals surface area contributed by atoms with Crippen LogP contribution in [0.25, 0.3) is 16.9 Å². The van der Waals surface area contributed by atoms with Gasteiger partial charge in [-0.05, 0) is 6.07 Å². The van der Waals surface area contributed by atoms with Crippen molar-refractivity contribution < 1.29 is 0 Å². The molecule has 0 bridgehead atoms. The fraction of sp³-hybridized carbons (Fsp3) is 0. The van der Waals surface area contributed by atoms with Gasteiger partial charge in [0, 0.05) is 24.8 Å². The number of fused-ring (bicyclic) bond motifs is 1. The highest BCUT2D eigenvalue weighted by molar-refractivity contribution is 5.74. The number of rotatable bonds is 1. The van der Waals surface area contributed by atoms with E-state index in [4.69, 9.17) is 0 Å². The molecular weight excluding hydrogens is 190 g/mol. The van der Waals surface area contributed by atoms with Gasteiger partial charge in [-0.1, -0.05) is 0 Å². The minimum atomic E-state index is 0.667. The predicted molar refractivity (Wildman–Crippen MR) is 54.0 cm³/mol. The van der Waals surface area contributed by atoms with Gasteiger partial charge >= 0.3 is 0 Å². The molecule has 0 spiro atoms. The van der Waals surface area contributed by atoms with Crippen molar-refractivity contribution in [3.8, 4) is 11.4 Å². The van der Waals surface area contributed by atoms with Gasteiger partial charge in [-0.25, -0.2) is 14.5 Å². The van der Waals surface area contributed by atoms with E-state index in [0.717, 1.165) is 11.1 Å². The maximum Gasteiger partial charge on any atom is 0.163 e. The average Bonchev–Trinajstić information content (AvgIpc) is 2.74. The molecular formula is C10H7N5. The van der Waals surface area contributed by atoms with E-state index in [1.54, 1.807) is 47.8 Å². The Labute approximate surface area is 85.5 Å². The average molecular weight is 197 g/mol. The second-order valence-corrected chi connectivity index (χ2v) is 3.04. The van der Waals surface area contributed by atoms with Gasteiger partial charge in [-0.3, -0.25) is 4.98 Å². The summed E-state index contributed by atoms with van der Waals surface area (Å²) in [5.41, 5.74) is 1.80. The lowest BCUT2D eigenvalue weighted by Gasteiger charge is -1.95. The number of aromatic nitrogens is 5. The molecule has 0 saturated heterocycles. The van der Waals surface area contributed by atoms with Gasteiger partial charge in [0.15, 0.2) is 5.82 Å². The summed E-state index contributed by atoms with van der Waals surface area (Å²) in [7, 11) is 0. The predicted octanol–water partition coefficient (Wildman–Crippen LogP) is 1.19. The lowest BCUT2D eigenvalue weighted by atomic mass is 10.3. The molecule has 0 aliphatic carbocycles. The van der Waals surface area contributed by atoms with Crippen molar-refractivity contribution in [2.75, 3.05) is 0 Å². The van der Waals surface area contributed by atoms with E-state index in [2.05, 4.69) is 20.1 Å². The molecule has 0 unspecified atom stereocenters. The molecule has 3 rings (SSSR count). The van der Waals surface area contributed by atoms with E-state index >= 15 is 0 Å². The highest BCUT2D eigenvalue weighted by atomic mass is 15.2. The molecule has 0 atom stereocenters. The third-order valence-corrected chi connectivity index (χ3v) is 2.13. The molecule has 5 heteroatoms. The van der Waals surface area contributed by atoms with Crippen LogP contribution in [-0.2, 0) is 0 Å². The summed E-state index contributed by atoms with van der Waals surface area (Å²) in [4.78, 5) is 12.4. The highest BCUT2D eigenvalue weighted by Crippen LogP contribution is 2.18. The minimum Gasteiger partial charge on any atom is -0.261 e. The van der Waals surface area contributed by atoms with Crippen LogP contribution in [0.5, 0.6) is 0 Å². The Hall–Kier alpha value is -2.30. The van der Waals surface area contributed by atoms with Crippen molar-refractivity contribution in [1.29, 1.82) is 0 Å². The summed E-state index contributed by atoms with van der Waals surface area (Å²) in [6, 6.07) is 1.79. The first-order chi connectivity index (χ1) is 7.45. The lowest BCUT2D eigenvalue weighted by Crippen LogP contribution is -1.88.